The third-order valence-electron chi connectivity index (χ3n) is 4.63. The molecule has 26 heavy (non-hydrogen) atoms. The molecule has 1 aliphatic heterocycles. The van der Waals surface area contributed by atoms with Crippen LogP contribution in [0.2, 0.25) is 0 Å². The van der Waals surface area contributed by atoms with Crippen molar-refractivity contribution < 1.29 is 5.11 Å². The summed E-state index contributed by atoms with van der Waals surface area (Å²) in [4.78, 5) is 10.7. The van der Waals surface area contributed by atoms with Crippen LogP contribution in [-0.2, 0) is 20.1 Å². The molecular formula is C17H22N8O. The number of aromatic nitrogens is 6. The van der Waals surface area contributed by atoms with Crippen LogP contribution in [0.25, 0.3) is 0 Å². The highest BCUT2D eigenvalue weighted by Gasteiger charge is 2.23. The molecule has 9 nitrogen and oxygen atoms in total. The summed E-state index contributed by atoms with van der Waals surface area (Å²) in [6, 6.07) is 5.69. The maximum absolute atomic E-state index is 10.6. The summed E-state index contributed by atoms with van der Waals surface area (Å²) < 4.78 is 3.63. The van der Waals surface area contributed by atoms with E-state index < -0.39 is 6.10 Å². The lowest BCUT2D eigenvalue weighted by atomic mass is 10.2. The second-order valence-electron chi connectivity index (χ2n) is 6.57. The summed E-state index contributed by atoms with van der Waals surface area (Å²) in [5, 5.41) is 19.4. The quantitative estimate of drug-likeness (QED) is 0.715. The van der Waals surface area contributed by atoms with E-state index in [4.69, 9.17) is 5.73 Å². The van der Waals surface area contributed by atoms with Crippen molar-refractivity contribution in [3.05, 3.63) is 47.2 Å². The third-order valence-corrected chi connectivity index (χ3v) is 4.63. The first-order valence-electron chi connectivity index (χ1n) is 8.60. The Balaban J connectivity index is 1.63. The minimum atomic E-state index is -0.799. The van der Waals surface area contributed by atoms with Gasteiger partial charge in [0.1, 0.15) is 11.9 Å². The first kappa shape index (κ1) is 16.5. The van der Waals surface area contributed by atoms with E-state index in [1.54, 1.807) is 16.9 Å². The summed E-state index contributed by atoms with van der Waals surface area (Å²) in [6.45, 7) is 4.22. The highest BCUT2D eigenvalue weighted by atomic mass is 16.3. The van der Waals surface area contributed by atoms with Crippen LogP contribution >= 0.6 is 0 Å². The molecule has 0 amide bonds. The van der Waals surface area contributed by atoms with Gasteiger partial charge in [-0.25, -0.2) is 4.98 Å². The zero-order valence-electron chi connectivity index (χ0n) is 14.9. The second kappa shape index (κ2) is 6.41. The number of hydrogen-bond acceptors (Lipinski definition) is 7. The van der Waals surface area contributed by atoms with Crippen molar-refractivity contribution in [1.29, 1.82) is 0 Å². The van der Waals surface area contributed by atoms with E-state index in [1.807, 2.05) is 30.8 Å². The molecule has 3 aromatic heterocycles. The van der Waals surface area contributed by atoms with Gasteiger partial charge in [0.05, 0.1) is 23.6 Å². The summed E-state index contributed by atoms with van der Waals surface area (Å²) in [7, 11) is 1.81. The van der Waals surface area contributed by atoms with Crippen molar-refractivity contribution in [2.75, 3.05) is 17.2 Å². The van der Waals surface area contributed by atoms with E-state index in [2.05, 4.69) is 25.1 Å². The van der Waals surface area contributed by atoms with Crippen molar-refractivity contribution >= 4 is 11.8 Å². The average molecular weight is 354 g/mol. The summed E-state index contributed by atoms with van der Waals surface area (Å²) >= 11 is 0. The molecule has 136 valence electrons. The molecule has 9 heteroatoms. The molecule has 0 radical (unpaired) electrons. The van der Waals surface area contributed by atoms with Gasteiger partial charge in [0.25, 0.3) is 0 Å². The van der Waals surface area contributed by atoms with E-state index in [0.717, 1.165) is 36.7 Å². The van der Waals surface area contributed by atoms with Gasteiger partial charge < -0.3 is 15.7 Å². The molecule has 4 heterocycles. The van der Waals surface area contributed by atoms with Crippen LogP contribution in [-0.4, -0.2) is 41.2 Å². The highest BCUT2D eigenvalue weighted by molar-refractivity contribution is 5.44. The van der Waals surface area contributed by atoms with E-state index in [9.17, 15) is 5.11 Å². The zero-order valence-corrected chi connectivity index (χ0v) is 14.9. The number of anilines is 2. The van der Waals surface area contributed by atoms with Gasteiger partial charge in [-0.2, -0.15) is 15.2 Å². The third kappa shape index (κ3) is 3.01. The Morgan fingerprint density at radius 2 is 2.08 bits per heavy atom. The zero-order chi connectivity index (χ0) is 18.3. The average Bonchev–Trinajstić information content (AvgIpc) is 3.14. The Hall–Kier alpha value is -2.94. The Kier molecular flexibility index (Phi) is 4.08. The number of aliphatic hydroxyl groups excluding tert-OH is 1. The number of fused-ring (bicyclic) bond motifs is 1. The van der Waals surface area contributed by atoms with E-state index in [-0.39, 0.29) is 5.95 Å². The second-order valence-corrected chi connectivity index (χ2v) is 6.57. The van der Waals surface area contributed by atoms with E-state index in [0.29, 0.717) is 17.9 Å². The van der Waals surface area contributed by atoms with Crippen molar-refractivity contribution in [3.8, 4) is 0 Å². The molecule has 0 spiro atoms. The van der Waals surface area contributed by atoms with Crippen LogP contribution in [0.3, 0.4) is 0 Å². The predicted molar refractivity (Wildman–Crippen MR) is 96.3 cm³/mol. The summed E-state index contributed by atoms with van der Waals surface area (Å²) in [5.74, 6) is 1.10. The number of aryl methyl sites for hydroxylation is 3. The lowest BCUT2D eigenvalue weighted by Gasteiger charge is -2.21. The Morgan fingerprint density at radius 3 is 2.81 bits per heavy atom. The van der Waals surface area contributed by atoms with Gasteiger partial charge in [-0.1, -0.05) is 0 Å². The van der Waals surface area contributed by atoms with Crippen LogP contribution in [0.1, 0.15) is 35.3 Å². The minimum Gasteiger partial charge on any atom is -0.380 e. The minimum absolute atomic E-state index is 0.282. The van der Waals surface area contributed by atoms with Gasteiger partial charge in [-0.3, -0.25) is 9.36 Å². The van der Waals surface area contributed by atoms with Crippen LogP contribution in [0.15, 0.2) is 24.4 Å². The van der Waals surface area contributed by atoms with Crippen molar-refractivity contribution in [2.45, 2.75) is 32.5 Å². The summed E-state index contributed by atoms with van der Waals surface area (Å²) in [6.07, 6.45) is 1.80. The first-order chi connectivity index (χ1) is 12.5. The summed E-state index contributed by atoms with van der Waals surface area (Å²) in [5.41, 5.74) is 9.03. The Morgan fingerprint density at radius 1 is 1.23 bits per heavy atom. The van der Waals surface area contributed by atoms with Gasteiger partial charge in [0.15, 0.2) is 0 Å². The maximum Gasteiger partial charge on any atom is 0.222 e. The molecule has 0 saturated carbocycles. The number of rotatable bonds is 3. The molecule has 1 aliphatic rings. The first-order valence-corrected chi connectivity index (χ1v) is 8.60. The Labute approximate surface area is 151 Å². The molecule has 4 rings (SSSR count). The van der Waals surface area contributed by atoms with Gasteiger partial charge in [-0.05, 0) is 25.5 Å². The van der Waals surface area contributed by atoms with Crippen LogP contribution in [0, 0.1) is 6.92 Å². The van der Waals surface area contributed by atoms with Crippen molar-refractivity contribution in [1.82, 2.24) is 29.5 Å². The molecule has 3 N–H and O–H groups in total. The fourth-order valence-corrected chi connectivity index (χ4v) is 3.35. The van der Waals surface area contributed by atoms with Gasteiger partial charge in [0, 0.05) is 38.1 Å². The molecular weight excluding hydrogens is 332 g/mol. The Bertz CT molecular complexity index is 910. The fourth-order valence-electron chi connectivity index (χ4n) is 3.35. The molecule has 1 atom stereocenters. The molecule has 0 fully saturated rings. The van der Waals surface area contributed by atoms with Crippen molar-refractivity contribution in [3.63, 3.8) is 0 Å². The van der Waals surface area contributed by atoms with Crippen LogP contribution in [0.4, 0.5) is 11.8 Å². The monoisotopic (exact) mass is 354 g/mol. The molecule has 0 aromatic carbocycles. The lowest BCUT2D eigenvalue weighted by molar-refractivity contribution is 0.203. The number of nitrogens with zero attached hydrogens (tertiary/aromatic N) is 7. The molecule has 0 unspecified atom stereocenters. The standard InChI is InChI=1S/C17H22N8O/c1-11-8-15(21-17(18)20-11)24-6-3-7-25-12(10-24)9-13(22-25)16(26)14-4-5-19-23(14)2/h4-5,8-9,16,26H,3,6-7,10H2,1-2H3,(H2,18,20,21)/t16-/m0/s1. The smallest absolute Gasteiger partial charge is 0.222 e. The molecule has 0 aliphatic carbocycles. The number of hydrogen-bond donors (Lipinski definition) is 2. The predicted octanol–water partition coefficient (Wildman–Crippen LogP) is 0.789. The normalized spacial score (nSPS) is 15.6. The SMILES string of the molecule is Cc1cc(N2CCCn3nc([C@H](O)c4ccnn4C)cc3C2)nc(N)n1. The van der Waals surface area contributed by atoms with Crippen LogP contribution < -0.4 is 10.6 Å². The van der Waals surface area contributed by atoms with Crippen LogP contribution in [0.5, 0.6) is 0 Å². The topological polar surface area (TPSA) is 111 Å². The number of nitrogens with two attached hydrogens (primary N) is 1. The fraction of sp³-hybridized carbons (Fsp3) is 0.412. The molecule has 0 bridgehead atoms. The van der Waals surface area contributed by atoms with Gasteiger partial charge in [-0.15, -0.1) is 0 Å². The van der Waals surface area contributed by atoms with Crippen molar-refractivity contribution in [2.24, 2.45) is 7.05 Å². The number of nitrogen functional groups attached to an aromatic ring is 1. The maximum atomic E-state index is 10.6. The highest BCUT2D eigenvalue weighted by Crippen LogP contribution is 2.25. The largest absolute Gasteiger partial charge is 0.380 e. The van der Waals surface area contributed by atoms with E-state index in [1.165, 1.54) is 0 Å². The van der Waals surface area contributed by atoms with Gasteiger partial charge >= 0.3 is 0 Å². The van der Waals surface area contributed by atoms with E-state index >= 15 is 0 Å². The number of aliphatic hydroxyl groups is 1. The molecule has 0 saturated heterocycles. The lowest BCUT2D eigenvalue weighted by Crippen LogP contribution is -2.24. The molecule has 3 aromatic rings. The van der Waals surface area contributed by atoms with Gasteiger partial charge in [0.2, 0.25) is 5.95 Å².